The van der Waals surface area contributed by atoms with Gasteiger partial charge in [-0.1, -0.05) is 23.2 Å². The fourth-order valence-corrected chi connectivity index (χ4v) is 1.84. The van der Waals surface area contributed by atoms with Gasteiger partial charge in [0.25, 0.3) is 0 Å². The average molecular weight is 330 g/mol. The molecule has 1 aromatic rings. The van der Waals surface area contributed by atoms with Crippen molar-refractivity contribution in [2.45, 2.75) is 19.4 Å². The molecule has 0 radical (unpaired) electrons. The monoisotopic (exact) mass is 329 g/mol. The van der Waals surface area contributed by atoms with Crippen molar-refractivity contribution in [2.24, 2.45) is 0 Å². The zero-order chi connectivity index (χ0) is 16.0. The number of carbonyl (C=O) groups is 2. The van der Waals surface area contributed by atoms with Crippen molar-refractivity contribution in [3.63, 3.8) is 0 Å². The first-order valence-corrected chi connectivity index (χ1v) is 6.75. The van der Waals surface area contributed by atoms with Crippen molar-refractivity contribution >= 4 is 40.9 Å². The van der Waals surface area contributed by atoms with Gasteiger partial charge in [0.2, 0.25) is 0 Å². The molecule has 0 aliphatic heterocycles. The number of carboxylic acid groups (broad SMARTS) is 1. The Morgan fingerprint density at radius 3 is 2.62 bits per heavy atom. The van der Waals surface area contributed by atoms with E-state index in [1.165, 1.54) is 19.1 Å². The number of amides is 2. The van der Waals surface area contributed by atoms with Crippen LogP contribution >= 0.6 is 23.2 Å². The van der Waals surface area contributed by atoms with Gasteiger partial charge in [0.05, 0.1) is 22.5 Å². The quantitative estimate of drug-likeness (QED) is 0.867. The second-order valence-corrected chi connectivity index (χ2v) is 4.99. The molecule has 2 N–H and O–H groups in total. The van der Waals surface area contributed by atoms with E-state index in [1.807, 2.05) is 6.07 Å². The highest BCUT2D eigenvalue weighted by atomic mass is 35.5. The molecule has 0 saturated carbocycles. The average Bonchev–Trinajstić information content (AvgIpc) is 2.43. The van der Waals surface area contributed by atoms with Gasteiger partial charge in [-0.05, 0) is 25.1 Å². The molecule has 0 bridgehead atoms. The Morgan fingerprint density at radius 2 is 2.10 bits per heavy atom. The van der Waals surface area contributed by atoms with Crippen molar-refractivity contribution in [1.29, 1.82) is 5.26 Å². The number of carbonyl (C=O) groups excluding carboxylic acids is 1. The first-order chi connectivity index (χ1) is 9.86. The summed E-state index contributed by atoms with van der Waals surface area (Å²) in [6, 6.07) is 4.70. The highest BCUT2D eigenvalue weighted by Gasteiger charge is 2.25. The number of carboxylic acids is 1. The van der Waals surface area contributed by atoms with Gasteiger partial charge in [0.1, 0.15) is 6.04 Å². The predicted molar refractivity (Wildman–Crippen MR) is 79.5 cm³/mol. The van der Waals surface area contributed by atoms with Crippen molar-refractivity contribution in [1.82, 2.24) is 4.90 Å². The molecule has 1 atom stereocenters. The van der Waals surface area contributed by atoms with Gasteiger partial charge < -0.3 is 15.3 Å². The molecular formula is C13H13Cl2N3O3. The maximum absolute atomic E-state index is 12.1. The van der Waals surface area contributed by atoms with Crippen LogP contribution in [0.2, 0.25) is 10.0 Å². The number of halogens is 2. The number of hydrogen-bond donors (Lipinski definition) is 2. The van der Waals surface area contributed by atoms with Crippen LogP contribution in [0, 0.1) is 11.3 Å². The lowest BCUT2D eigenvalue weighted by Gasteiger charge is -2.25. The molecule has 0 heterocycles. The maximum atomic E-state index is 12.1. The topological polar surface area (TPSA) is 93.4 Å². The molecule has 112 valence electrons. The van der Waals surface area contributed by atoms with Crippen LogP contribution < -0.4 is 5.32 Å². The van der Waals surface area contributed by atoms with E-state index in [2.05, 4.69) is 5.32 Å². The van der Waals surface area contributed by atoms with Crippen LogP contribution in [0.25, 0.3) is 0 Å². The lowest BCUT2D eigenvalue weighted by molar-refractivity contribution is -0.141. The normalized spacial score (nSPS) is 11.3. The second-order valence-electron chi connectivity index (χ2n) is 4.17. The Morgan fingerprint density at radius 1 is 1.43 bits per heavy atom. The smallest absolute Gasteiger partial charge is 0.326 e. The number of nitrogens with one attached hydrogen (secondary N) is 1. The third-order valence-electron chi connectivity index (χ3n) is 2.72. The van der Waals surface area contributed by atoms with Gasteiger partial charge in [-0.3, -0.25) is 0 Å². The summed E-state index contributed by atoms with van der Waals surface area (Å²) in [6.45, 7) is 1.38. The summed E-state index contributed by atoms with van der Waals surface area (Å²) in [6.07, 6.45) is 0.0341. The van der Waals surface area contributed by atoms with E-state index >= 15 is 0 Å². The van der Waals surface area contributed by atoms with Gasteiger partial charge in [0.15, 0.2) is 0 Å². The largest absolute Gasteiger partial charge is 0.480 e. The van der Waals surface area contributed by atoms with Crippen LogP contribution in [0.3, 0.4) is 0 Å². The molecule has 6 nitrogen and oxygen atoms in total. The number of hydrogen-bond acceptors (Lipinski definition) is 3. The van der Waals surface area contributed by atoms with Crippen LogP contribution in [0.4, 0.5) is 10.5 Å². The molecule has 0 fully saturated rings. The molecule has 0 spiro atoms. The van der Waals surface area contributed by atoms with E-state index < -0.39 is 18.0 Å². The van der Waals surface area contributed by atoms with Crippen molar-refractivity contribution in [3.05, 3.63) is 28.2 Å². The molecule has 1 unspecified atom stereocenters. The van der Waals surface area contributed by atoms with Gasteiger partial charge in [-0.15, -0.1) is 0 Å². The Hall–Kier alpha value is -1.97. The van der Waals surface area contributed by atoms with Crippen molar-refractivity contribution < 1.29 is 14.7 Å². The highest BCUT2D eigenvalue weighted by molar-refractivity contribution is 6.42. The summed E-state index contributed by atoms with van der Waals surface area (Å²) >= 11 is 11.6. The van der Waals surface area contributed by atoms with Gasteiger partial charge >= 0.3 is 12.0 Å². The Bertz CT molecular complexity index is 587. The molecule has 2 amide bonds. The van der Waals surface area contributed by atoms with E-state index in [9.17, 15) is 9.59 Å². The van der Waals surface area contributed by atoms with Crippen molar-refractivity contribution in [2.75, 3.05) is 11.9 Å². The van der Waals surface area contributed by atoms with Crippen LogP contribution in [0.15, 0.2) is 18.2 Å². The Balaban J connectivity index is 2.87. The molecule has 1 aromatic carbocycles. The molecule has 0 saturated heterocycles. The molecule has 0 aliphatic carbocycles. The Kier molecular flexibility index (Phi) is 6.28. The standard InChI is InChI=1S/C13H13Cl2N3O3/c1-8(12(19)20)18(6-2-5-16)13(21)17-9-3-4-10(14)11(15)7-9/h3-4,7-8H,2,6H2,1H3,(H,17,21)(H,19,20). The predicted octanol–water partition coefficient (Wildman–Crippen LogP) is 3.21. The van der Waals surface area contributed by atoms with Crippen molar-refractivity contribution in [3.8, 4) is 6.07 Å². The SMILES string of the molecule is CC(C(=O)O)N(CCC#N)C(=O)Nc1ccc(Cl)c(Cl)c1. The summed E-state index contributed by atoms with van der Waals surface area (Å²) in [4.78, 5) is 24.2. The Labute approximate surface area is 131 Å². The minimum atomic E-state index is -1.16. The van der Waals surface area contributed by atoms with Gasteiger partial charge in [0, 0.05) is 12.2 Å². The molecule has 8 heteroatoms. The first-order valence-electron chi connectivity index (χ1n) is 5.99. The number of nitrogens with zero attached hydrogens (tertiary/aromatic N) is 2. The number of nitriles is 1. The number of benzene rings is 1. The second kappa shape index (κ2) is 7.72. The number of rotatable bonds is 5. The van der Waals surface area contributed by atoms with Gasteiger partial charge in [-0.25, -0.2) is 9.59 Å². The number of aliphatic carboxylic acids is 1. The van der Waals surface area contributed by atoms with E-state index in [0.717, 1.165) is 4.90 Å². The number of anilines is 1. The molecule has 0 aliphatic rings. The van der Waals surface area contributed by atoms with Gasteiger partial charge in [-0.2, -0.15) is 5.26 Å². The summed E-state index contributed by atoms with van der Waals surface area (Å²) in [5.74, 6) is -1.16. The minimum absolute atomic E-state index is 0.0110. The third-order valence-corrected chi connectivity index (χ3v) is 3.46. The summed E-state index contributed by atoms with van der Waals surface area (Å²) < 4.78 is 0. The molecule has 1 rings (SSSR count). The summed E-state index contributed by atoms with van der Waals surface area (Å²) in [5, 5.41) is 20.7. The fraction of sp³-hybridized carbons (Fsp3) is 0.308. The zero-order valence-electron chi connectivity index (χ0n) is 11.1. The first kappa shape index (κ1) is 17.1. The van der Waals surface area contributed by atoms with Crippen LogP contribution in [0.1, 0.15) is 13.3 Å². The fourth-order valence-electron chi connectivity index (χ4n) is 1.54. The molecule has 0 aromatic heterocycles. The lowest BCUT2D eigenvalue weighted by Crippen LogP contribution is -2.45. The zero-order valence-corrected chi connectivity index (χ0v) is 12.6. The number of urea groups is 1. The summed E-state index contributed by atoms with van der Waals surface area (Å²) in [5.41, 5.74) is 0.383. The van der Waals surface area contributed by atoms with Crippen LogP contribution in [-0.2, 0) is 4.79 Å². The van der Waals surface area contributed by atoms with E-state index in [0.29, 0.717) is 10.7 Å². The van der Waals surface area contributed by atoms with E-state index in [1.54, 1.807) is 6.07 Å². The highest BCUT2D eigenvalue weighted by Crippen LogP contribution is 2.25. The minimum Gasteiger partial charge on any atom is -0.480 e. The summed E-state index contributed by atoms with van der Waals surface area (Å²) in [7, 11) is 0. The third kappa shape index (κ3) is 4.81. The van der Waals surface area contributed by atoms with Crippen LogP contribution in [-0.4, -0.2) is 34.6 Å². The van der Waals surface area contributed by atoms with Crippen LogP contribution in [0.5, 0.6) is 0 Å². The maximum Gasteiger partial charge on any atom is 0.326 e. The van der Waals surface area contributed by atoms with E-state index in [-0.39, 0.29) is 18.0 Å². The lowest BCUT2D eigenvalue weighted by atomic mass is 10.2. The molecular weight excluding hydrogens is 317 g/mol. The molecule has 21 heavy (non-hydrogen) atoms. The van der Waals surface area contributed by atoms with E-state index in [4.69, 9.17) is 33.6 Å².